The van der Waals surface area contributed by atoms with Gasteiger partial charge in [0.1, 0.15) is 0 Å². The van der Waals surface area contributed by atoms with E-state index in [-0.39, 0.29) is 9.79 Å². The van der Waals surface area contributed by atoms with Crippen molar-refractivity contribution in [3.8, 4) is 0 Å². The largest absolute Gasteiger partial charge is 0.218 e. The number of hydrogen-bond donors (Lipinski definition) is 0. The molecule has 0 saturated carbocycles. The number of halogens is 8. The molecule has 0 unspecified atom stereocenters. The maximum absolute atomic E-state index is 13.4. The van der Waals surface area contributed by atoms with E-state index in [0.29, 0.717) is 21.2 Å². The number of benzene rings is 2. The SMILES string of the molecule is O=S(=O)(c1ccc(Cl)cc1C(Br)(Br)Br)c1ccc(Cl)cc1C(Br)(Br)Br. The van der Waals surface area contributed by atoms with Crippen LogP contribution in [0.1, 0.15) is 11.1 Å². The Hall–Kier alpha value is 1.85. The summed E-state index contributed by atoms with van der Waals surface area (Å²) in [6, 6.07) is 9.09. The molecule has 2 rings (SSSR count). The zero-order valence-corrected chi connectivity index (χ0v) is 23.6. The van der Waals surface area contributed by atoms with Gasteiger partial charge in [-0.25, -0.2) is 8.42 Å². The maximum Gasteiger partial charge on any atom is 0.207 e. The van der Waals surface area contributed by atoms with E-state index >= 15 is 0 Å². The van der Waals surface area contributed by atoms with E-state index in [0.717, 1.165) is 0 Å². The van der Waals surface area contributed by atoms with E-state index in [1.165, 1.54) is 24.3 Å². The van der Waals surface area contributed by atoms with Crippen molar-refractivity contribution < 1.29 is 8.42 Å². The second-order valence-corrected chi connectivity index (χ2v) is 21.1. The number of hydrogen-bond acceptors (Lipinski definition) is 2. The van der Waals surface area contributed by atoms with Gasteiger partial charge < -0.3 is 0 Å². The molecule has 0 atom stereocenters. The second kappa shape index (κ2) is 8.30. The molecule has 25 heavy (non-hydrogen) atoms. The monoisotopic (exact) mass is 781 g/mol. The van der Waals surface area contributed by atoms with Gasteiger partial charge in [-0.2, -0.15) is 0 Å². The molecule has 0 bridgehead atoms. The fourth-order valence-corrected chi connectivity index (χ4v) is 6.87. The van der Waals surface area contributed by atoms with Crippen LogP contribution in [0.2, 0.25) is 10.0 Å². The molecule has 0 aromatic heterocycles. The van der Waals surface area contributed by atoms with Gasteiger partial charge in [-0.15, -0.1) is 0 Å². The third-order valence-electron chi connectivity index (χ3n) is 3.07. The van der Waals surface area contributed by atoms with Gasteiger partial charge >= 0.3 is 0 Å². The van der Waals surface area contributed by atoms with Crippen LogP contribution in [0.25, 0.3) is 0 Å². The molecule has 0 spiro atoms. The molecule has 2 aromatic carbocycles. The summed E-state index contributed by atoms with van der Waals surface area (Å²) in [7, 11) is -3.90. The first-order valence-electron chi connectivity index (χ1n) is 6.23. The smallest absolute Gasteiger partial charge is 0.207 e. The lowest BCUT2D eigenvalue weighted by Crippen LogP contribution is -2.14. The van der Waals surface area contributed by atoms with Crippen LogP contribution >= 0.6 is 119 Å². The summed E-state index contributed by atoms with van der Waals surface area (Å²) in [6.45, 7) is 0. The Balaban J connectivity index is 2.83. The molecule has 11 heteroatoms. The molecule has 0 saturated heterocycles. The van der Waals surface area contributed by atoms with Crippen molar-refractivity contribution >= 4 is 129 Å². The number of sulfone groups is 1. The van der Waals surface area contributed by atoms with E-state index in [1.54, 1.807) is 12.1 Å². The zero-order valence-electron chi connectivity index (χ0n) is 11.7. The van der Waals surface area contributed by atoms with Crippen LogP contribution in [-0.4, -0.2) is 8.42 Å². The van der Waals surface area contributed by atoms with Crippen molar-refractivity contribution in [2.75, 3.05) is 0 Å². The quantitative estimate of drug-likeness (QED) is 0.287. The molecule has 0 amide bonds. The van der Waals surface area contributed by atoms with Crippen molar-refractivity contribution in [2.24, 2.45) is 0 Å². The number of rotatable bonds is 2. The van der Waals surface area contributed by atoms with Crippen LogP contribution in [0.15, 0.2) is 46.2 Å². The fraction of sp³-hybridized carbons (Fsp3) is 0.143. The number of alkyl halides is 6. The molecule has 2 aromatic rings. The van der Waals surface area contributed by atoms with Gasteiger partial charge in [0.15, 0.2) is 4.29 Å². The van der Waals surface area contributed by atoms with Gasteiger partial charge in [-0.1, -0.05) is 119 Å². The molecule has 136 valence electrons. The van der Waals surface area contributed by atoms with E-state index in [1.807, 2.05) is 0 Å². The lowest BCUT2D eigenvalue weighted by molar-refractivity contribution is 0.594. The van der Waals surface area contributed by atoms with Gasteiger partial charge in [-0.05, 0) is 36.4 Å². The summed E-state index contributed by atoms with van der Waals surface area (Å²) in [5.74, 6) is 0. The molecule has 0 aliphatic carbocycles. The summed E-state index contributed by atoms with van der Waals surface area (Å²) >= 11 is 32.3. The molecular formula is C14H6Br6Cl2O2S. The highest BCUT2D eigenvalue weighted by Gasteiger charge is 2.35. The predicted molar refractivity (Wildman–Crippen MR) is 125 cm³/mol. The van der Waals surface area contributed by atoms with Crippen LogP contribution in [0, 0.1) is 0 Å². The van der Waals surface area contributed by atoms with Crippen LogP contribution in [-0.2, 0) is 14.1 Å². The van der Waals surface area contributed by atoms with Crippen molar-refractivity contribution in [1.29, 1.82) is 0 Å². The van der Waals surface area contributed by atoms with Crippen LogP contribution in [0.3, 0.4) is 0 Å². The van der Waals surface area contributed by atoms with Crippen molar-refractivity contribution in [3.63, 3.8) is 0 Å². The van der Waals surface area contributed by atoms with E-state index in [9.17, 15) is 8.42 Å². The molecule has 0 aliphatic heterocycles. The fourth-order valence-electron chi connectivity index (χ4n) is 2.03. The summed E-state index contributed by atoms with van der Waals surface area (Å²) in [5.41, 5.74) is 0.815. The first kappa shape index (κ1) is 23.1. The van der Waals surface area contributed by atoms with Crippen LogP contribution in [0.5, 0.6) is 0 Å². The lowest BCUT2D eigenvalue weighted by Gasteiger charge is -2.21. The van der Waals surface area contributed by atoms with Crippen molar-refractivity contribution in [3.05, 3.63) is 57.6 Å². The molecule has 2 nitrogen and oxygen atoms in total. The summed E-state index contributed by atoms with van der Waals surface area (Å²) in [4.78, 5) is 0.172. The predicted octanol–water partition coefficient (Wildman–Crippen LogP) is 8.42. The third-order valence-corrected chi connectivity index (χ3v) is 7.98. The standard InChI is InChI=1S/C14H6Br6Cl2O2S/c15-13(16,17)9-5-7(21)1-3-11(9)25(23,24)12-4-2-8(22)6-10(12)14(18,19)20/h1-6H. The summed E-state index contributed by atoms with van der Waals surface area (Å²) in [5, 5.41) is 0.813. The topological polar surface area (TPSA) is 34.1 Å². The van der Waals surface area contributed by atoms with E-state index in [4.69, 9.17) is 23.2 Å². The Kier molecular flexibility index (Phi) is 7.68. The Labute approximate surface area is 206 Å². The minimum absolute atomic E-state index is 0.0860. The second-order valence-electron chi connectivity index (χ2n) is 4.78. The van der Waals surface area contributed by atoms with Gasteiger partial charge in [0, 0.05) is 21.2 Å². The van der Waals surface area contributed by atoms with Crippen LogP contribution < -0.4 is 0 Å². The molecule has 0 fully saturated rings. The van der Waals surface area contributed by atoms with Crippen LogP contribution in [0.4, 0.5) is 0 Å². The molecule has 0 N–H and O–H groups in total. The van der Waals surface area contributed by atoms with Crippen molar-refractivity contribution in [2.45, 2.75) is 14.1 Å². The first-order chi connectivity index (χ1) is 11.2. The van der Waals surface area contributed by atoms with E-state index in [2.05, 4.69) is 95.6 Å². The Morgan fingerprint density at radius 1 is 0.680 bits per heavy atom. The van der Waals surface area contributed by atoms with Gasteiger partial charge in [0.25, 0.3) is 0 Å². The minimum atomic E-state index is -3.90. The summed E-state index contributed by atoms with van der Waals surface area (Å²) in [6.07, 6.45) is 0. The Bertz CT molecular complexity index is 850. The minimum Gasteiger partial charge on any atom is -0.218 e. The van der Waals surface area contributed by atoms with Crippen molar-refractivity contribution in [1.82, 2.24) is 0 Å². The third kappa shape index (κ3) is 5.47. The summed E-state index contributed by atoms with van der Waals surface area (Å²) < 4.78 is 24.8. The molecule has 0 heterocycles. The Morgan fingerprint density at radius 3 is 1.28 bits per heavy atom. The molecular weight excluding hydrogens is 783 g/mol. The first-order valence-corrected chi connectivity index (χ1v) is 13.2. The highest BCUT2D eigenvalue weighted by molar-refractivity contribution is 9.39. The zero-order chi connectivity index (χ0) is 19.2. The van der Waals surface area contributed by atoms with E-state index < -0.39 is 14.1 Å². The normalized spacial score (nSPS) is 13.1. The maximum atomic E-state index is 13.4. The molecule has 0 radical (unpaired) electrons. The lowest BCUT2D eigenvalue weighted by atomic mass is 10.2. The molecule has 0 aliphatic rings. The highest BCUT2D eigenvalue weighted by atomic mass is 80.0. The average Bonchev–Trinajstić information content (AvgIpc) is 2.44. The highest BCUT2D eigenvalue weighted by Crippen LogP contribution is 2.51. The average molecular weight is 789 g/mol. The van der Waals surface area contributed by atoms with Gasteiger partial charge in [0.2, 0.25) is 9.84 Å². The Morgan fingerprint density at radius 2 is 1.00 bits per heavy atom. The van der Waals surface area contributed by atoms with Gasteiger partial charge in [0.05, 0.1) is 9.79 Å². The van der Waals surface area contributed by atoms with Gasteiger partial charge in [-0.3, -0.25) is 0 Å².